The Kier molecular flexibility index (Phi) is 4.12. The summed E-state index contributed by atoms with van der Waals surface area (Å²) in [6.07, 6.45) is 3.97. The van der Waals surface area contributed by atoms with E-state index in [2.05, 4.69) is 29.8 Å². The number of likely N-dealkylation sites (tertiary alicyclic amines) is 1. The zero-order chi connectivity index (χ0) is 13.3. The molecule has 1 aliphatic heterocycles. The Bertz CT molecular complexity index is 441. The highest BCUT2D eigenvalue weighted by molar-refractivity contribution is 9.10. The highest BCUT2D eigenvalue weighted by Gasteiger charge is 2.25. The molecule has 0 unspecified atom stereocenters. The second-order valence-electron chi connectivity index (χ2n) is 5.20. The zero-order valence-electron chi connectivity index (χ0n) is 10.9. The van der Waals surface area contributed by atoms with Gasteiger partial charge >= 0.3 is 0 Å². The lowest BCUT2D eigenvalue weighted by Gasteiger charge is -2.31. The average Bonchev–Trinajstić information content (AvgIpc) is 2.70. The van der Waals surface area contributed by atoms with Crippen LogP contribution in [0.15, 0.2) is 16.7 Å². The Morgan fingerprint density at radius 1 is 1.56 bits per heavy atom. The van der Waals surface area contributed by atoms with E-state index in [1.807, 2.05) is 21.7 Å². The molecule has 1 aromatic heterocycles. The average molecular weight is 314 g/mol. The summed E-state index contributed by atoms with van der Waals surface area (Å²) in [5, 5.41) is 0. The molecule has 0 aliphatic carbocycles. The van der Waals surface area contributed by atoms with E-state index < -0.39 is 0 Å². The first-order valence-corrected chi connectivity index (χ1v) is 7.20. The van der Waals surface area contributed by atoms with Gasteiger partial charge in [0, 0.05) is 35.8 Å². The van der Waals surface area contributed by atoms with Gasteiger partial charge in [-0.05, 0) is 48.7 Å². The second-order valence-corrected chi connectivity index (χ2v) is 6.11. The molecule has 1 aliphatic rings. The number of piperidine rings is 1. The van der Waals surface area contributed by atoms with Gasteiger partial charge in [0.1, 0.15) is 5.69 Å². The third kappa shape index (κ3) is 2.78. The van der Waals surface area contributed by atoms with Crippen LogP contribution in [0.5, 0.6) is 0 Å². The number of nitrogens with zero attached hydrogens (tertiary/aromatic N) is 2. The number of aromatic nitrogens is 1. The Balaban J connectivity index is 2.22. The fourth-order valence-corrected chi connectivity index (χ4v) is 2.84. The topological polar surface area (TPSA) is 51.3 Å². The van der Waals surface area contributed by atoms with E-state index in [-0.39, 0.29) is 18.0 Å². The van der Waals surface area contributed by atoms with Crippen LogP contribution in [0.2, 0.25) is 0 Å². The van der Waals surface area contributed by atoms with Crippen molar-refractivity contribution < 1.29 is 4.79 Å². The minimum absolute atomic E-state index is 0.0875. The predicted molar refractivity (Wildman–Crippen MR) is 75.6 cm³/mol. The number of carbonyl (C=O) groups is 1. The molecule has 2 heterocycles. The maximum absolute atomic E-state index is 12.5. The molecule has 0 aromatic carbocycles. The predicted octanol–water partition coefficient (Wildman–Crippen LogP) is 2.39. The van der Waals surface area contributed by atoms with Crippen LogP contribution in [0.3, 0.4) is 0 Å². The van der Waals surface area contributed by atoms with Gasteiger partial charge in [-0.25, -0.2) is 0 Å². The first-order chi connectivity index (χ1) is 8.49. The molecule has 2 N–H and O–H groups in total. The molecule has 1 atom stereocenters. The van der Waals surface area contributed by atoms with Crippen molar-refractivity contribution in [2.75, 3.05) is 13.1 Å². The molecule has 0 saturated carbocycles. The van der Waals surface area contributed by atoms with Gasteiger partial charge in [0.25, 0.3) is 5.91 Å². The minimum atomic E-state index is 0.0875. The molecule has 0 bridgehead atoms. The summed E-state index contributed by atoms with van der Waals surface area (Å²) in [7, 11) is 0. The van der Waals surface area contributed by atoms with Crippen molar-refractivity contribution in [1.29, 1.82) is 0 Å². The van der Waals surface area contributed by atoms with Crippen LogP contribution in [0.1, 0.15) is 43.2 Å². The summed E-state index contributed by atoms with van der Waals surface area (Å²) >= 11 is 3.44. The van der Waals surface area contributed by atoms with Gasteiger partial charge < -0.3 is 15.2 Å². The quantitative estimate of drug-likeness (QED) is 0.911. The molecule has 1 fully saturated rings. The van der Waals surface area contributed by atoms with Crippen LogP contribution in [0.4, 0.5) is 0 Å². The maximum atomic E-state index is 12.5. The molecule has 0 spiro atoms. The summed E-state index contributed by atoms with van der Waals surface area (Å²) in [6.45, 7) is 5.63. The molecular weight excluding hydrogens is 294 g/mol. The summed E-state index contributed by atoms with van der Waals surface area (Å²) in [6, 6.07) is 2.28. The van der Waals surface area contributed by atoms with Crippen molar-refractivity contribution in [2.24, 2.45) is 5.73 Å². The van der Waals surface area contributed by atoms with E-state index in [9.17, 15) is 4.79 Å². The fourth-order valence-electron chi connectivity index (χ4n) is 2.40. The smallest absolute Gasteiger partial charge is 0.270 e. The fraction of sp³-hybridized carbons (Fsp3) is 0.615. The Hall–Kier alpha value is -0.810. The second kappa shape index (κ2) is 5.45. The monoisotopic (exact) mass is 313 g/mol. The molecule has 4 nitrogen and oxygen atoms in total. The number of amides is 1. The third-order valence-corrected chi connectivity index (χ3v) is 3.77. The van der Waals surface area contributed by atoms with Crippen molar-refractivity contribution in [1.82, 2.24) is 9.47 Å². The molecule has 1 amide bonds. The number of hydrogen-bond donors (Lipinski definition) is 1. The molecule has 1 saturated heterocycles. The molecule has 2 rings (SSSR count). The normalized spacial score (nSPS) is 20.5. The molecule has 0 radical (unpaired) electrons. The van der Waals surface area contributed by atoms with Crippen molar-refractivity contribution >= 4 is 21.8 Å². The van der Waals surface area contributed by atoms with Gasteiger partial charge in [0.15, 0.2) is 0 Å². The SMILES string of the molecule is CC(C)n1cc(Br)cc1C(=O)N1CCC[C@H](N)C1. The van der Waals surface area contributed by atoms with Crippen molar-refractivity contribution in [3.05, 3.63) is 22.4 Å². The molecular formula is C13H20BrN3O. The van der Waals surface area contributed by atoms with Crippen LogP contribution >= 0.6 is 15.9 Å². The number of halogens is 1. The van der Waals surface area contributed by atoms with Crippen molar-refractivity contribution in [3.63, 3.8) is 0 Å². The van der Waals surface area contributed by atoms with Gasteiger partial charge in [-0.15, -0.1) is 0 Å². The third-order valence-electron chi connectivity index (χ3n) is 3.34. The molecule has 100 valence electrons. The summed E-state index contributed by atoms with van der Waals surface area (Å²) < 4.78 is 2.95. The summed E-state index contributed by atoms with van der Waals surface area (Å²) in [5.41, 5.74) is 6.68. The lowest BCUT2D eigenvalue weighted by molar-refractivity contribution is 0.0696. The van der Waals surface area contributed by atoms with Crippen LogP contribution in [-0.2, 0) is 0 Å². The van der Waals surface area contributed by atoms with E-state index in [0.29, 0.717) is 6.54 Å². The van der Waals surface area contributed by atoms with Crippen molar-refractivity contribution in [2.45, 2.75) is 38.8 Å². The molecule has 1 aromatic rings. The minimum Gasteiger partial charge on any atom is -0.340 e. The molecule has 5 heteroatoms. The van der Waals surface area contributed by atoms with Crippen LogP contribution < -0.4 is 5.73 Å². The zero-order valence-corrected chi connectivity index (χ0v) is 12.5. The number of hydrogen-bond acceptors (Lipinski definition) is 2. The first-order valence-electron chi connectivity index (χ1n) is 6.41. The Morgan fingerprint density at radius 3 is 2.89 bits per heavy atom. The highest BCUT2D eigenvalue weighted by Crippen LogP contribution is 2.22. The van der Waals surface area contributed by atoms with Gasteiger partial charge in [-0.3, -0.25) is 4.79 Å². The van der Waals surface area contributed by atoms with E-state index >= 15 is 0 Å². The van der Waals surface area contributed by atoms with Crippen LogP contribution in [0.25, 0.3) is 0 Å². The summed E-state index contributed by atoms with van der Waals surface area (Å²) in [4.78, 5) is 14.4. The van der Waals surface area contributed by atoms with Crippen molar-refractivity contribution in [3.8, 4) is 0 Å². The largest absolute Gasteiger partial charge is 0.340 e. The lowest BCUT2D eigenvalue weighted by atomic mass is 10.1. The van der Waals surface area contributed by atoms with E-state index in [1.165, 1.54) is 0 Å². The van der Waals surface area contributed by atoms with Crippen LogP contribution in [-0.4, -0.2) is 34.5 Å². The van der Waals surface area contributed by atoms with Gasteiger partial charge in [0.2, 0.25) is 0 Å². The number of carbonyl (C=O) groups excluding carboxylic acids is 1. The highest BCUT2D eigenvalue weighted by atomic mass is 79.9. The van der Waals surface area contributed by atoms with E-state index in [1.54, 1.807) is 0 Å². The van der Waals surface area contributed by atoms with Gasteiger partial charge in [-0.1, -0.05) is 0 Å². The Morgan fingerprint density at radius 2 is 2.28 bits per heavy atom. The van der Waals surface area contributed by atoms with E-state index in [4.69, 9.17) is 5.73 Å². The first kappa shape index (κ1) is 13.6. The molecule has 18 heavy (non-hydrogen) atoms. The van der Waals surface area contributed by atoms with Gasteiger partial charge in [-0.2, -0.15) is 0 Å². The standard InChI is InChI=1S/C13H20BrN3O/c1-9(2)17-7-10(14)6-12(17)13(18)16-5-3-4-11(15)8-16/h6-7,9,11H,3-5,8,15H2,1-2H3/t11-/m0/s1. The van der Waals surface area contributed by atoms with E-state index in [0.717, 1.165) is 29.6 Å². The summed E-state index contributed by atoms with van der Waals surface area (Å²) in [5.74, 6) is 0.0875. The number of rotatable bonds is 2. The Labute approximate surface area is 116 Å². The maximum Gasteiger partial charge on any atom is 0.270 e. The van der Waals surface area contributed by atoms with Gasteiger partial charge in [0.05, 0.1) is 0 Å². The van der Waals surface area contributed by atoms with Crippen LogP contribution in [0, 0.1) is 0 Å². The number of nitrogens with two attached hydrogens (primary N) is 1. The lowest BCUT2D eigenvalue weighted by Crippen LogP contribution is -2.46.